The van der Waals surface area contributed by atoms with Crippen molar-refractivity contribution in [1.82, 2.24) is 5.32 Å². The first kappa shape index (κ1) is 14.4. The summed E-state index contributed by atoms with van der Waals surface area (Å²) in [7, 11) is 1.62. The summed E-state index contributed by atoms with van der Waals surface area (Å²) >= 11 is 0. The zero-order valence-corrected chi connectivity index (χ0v) is 11.4. The number of rotatable bonds is 6. The first-order chi connectivity index (χ1) is 8.52. The molecule has 1 atom stereocenters. The van der Waals surface area contributed by atoms with Gasteiger partial charge in [-0.1, -0.05) is 13.8 Å². The van der Waals surface area contributed by atoms with Gasteiger partial charge in [0.1, 0.15) is 18.1 Å². The van der Waals surface area contributed by atoms with E-state index in [1.807, 2.05) is 45.0 Å². The van der Waals surface area contributed by atoms with Gasteiger partial charge in [0.05, 0.1) is 13.2 Å². The summed E-state index contributed by atoms with van der Waals surface area (Å²) in [5.74, 6) is 1.60. The van der Waals surface area contributed by atoms with Crippen LogP contribution in [0.3, 0.4) is 0 Å². The van der Waals surface area contributed by atoms with Gasteiger partial charge in [-0.2, -0.15) is 0 Å². The molecule has 0 aliphatic carbocycles. The smallest absolute Gasteiger partial charge is 0.222 e. The molecule has 100 valence electrons. The molecule has 0 bridgehead atoms. The predicted molar refractivity (Wildman–Crippen MR) is 70.9 cm³/mol. The van der Waals surface area contributed by atoms with E-state index >= 15 is 0 Å². The van der Waals surface area contributed by atoms with Crippen LogP contribution in [0.15, 0.2) is 24.3 Å². The maximum Gasteiger partial charge on any atom is 0.222 e. The fraction of sp³-hybridized carbons (Fsp3) is 0.500. The molecule has 1 N–H and O–H groups in total. The highest BCUT2D eigenvalue weighted by molar-refractivity contribution is 5.78. The van der Waals surface area contributed by atoms with Crippen LogP contribution in [0.2, 0.25) is 0 Å². The van der Waals surface area contributed by atoms with Crippen molar-refractivity contribution in [3.63, 3.8) is 0 Å². The van der Waals surface area contributed by atoms with E-state index in [2.05, 4.69) is 5.32 Å². The Hall–Kier alpha value is -1.71. The lowest BCUT2D eigenvalue weighted by molar-refractivity contribution is -0.124. The van der Waals surface area contributed by atoms with E-state index in [1.165, 1.54) is 0 Å². The maximum atomic E-state index is 11.5. The van der Waals surface area contributed by atoms with Crippen LogP contribution in [-0.4, -0.2) is 25.7 Å². The van der Waals surface area contributed by atoms with Crippen molar-refractivity contribution < 1.29 is 14.3 Å². The molecule has 0 saturated heterocycles. The van der Waals surface area contributed by atoms with Crippen molar-refractivity contribution in [2.75, 3.05) is 13.7 Å². The summed E-state index contributed by atoms with van der Waals surface area (Å²) in [6.07, 6.45) is 0. The van der Waals surface area contributed by atoms with Gasteiger partial charge in [-0.15, -0.1) is 0 Å². The van der Waals surface area contributed by atoms with Crippen LogP contribution < -0.4 is 14.8 Å². The molecular formula is C14H21NO3. The van der Waals surface area contributed by atoms with Crippen LogP contribution in [0.1, 0.15) is 20.8 Å². The fourth-order valence-corrected chi connectivity index (χ4v) is 1.34. The zero-order valence-electron chi connectivity index (χ0n) is 11.4. The first-order valence-electron chi connectivity index (χ1n) is 6.10. The van der Waals surface area contributed by atoms with Gasteiger partial charge < -0.3 is 14.8 Å². The van der Waals surface area contributed by atoms with E-state index in [4.69, 9.17) is 9.47 Å². The van der Waals surface area contributed by atoms with Crippen LogP contribution in [0.5, 0.6) is 11.5 Å². The Morgan fingerprint density at radius 1 is 1.17 bits per heavy atom. The van der Waals surface area contributed by atoms with Gasteiger partial charge in [0.25, 0.3) is 0 Å². The van der Waals surface area contributed by atoms with Crippen LogP contribution in [0.25, 0.3) is 0 Å². The van der Waals surface area contributed by atoms with Crippen LogP contribution in [0, 0.1) is 5.92 Å². The highest BCUT2D eigenvalue weighted by Crippen LogP contribution is 2.17. The summed E-state index contributed by atoms with van der Waals surface area (Å²) in [5.41, 5.74) is 0. The molecule has 0 spiro atoms. The molecule has 1 aromatic carbocycles. The van der Waals surface area contributed by atoms with E-state index in [9.17, 15) is 4.79 Å². The number of nitrogens with one attached hydrogen (secondary N) is 1. The molecule has 0 aliphatic rings. The summed E-state index contributed by atoms with van der Waals surface area (Å²) < 4.78 is 10.6. The number of hydrogen-bond donors (Lipinski definition) is 1. The van der Waals surface area contributed by atoms with Gasteiger partial charge in [0.2, 0.25) is 5.91 Å². The van der Waals surface area contributed by atoms with Gasteiger partial charge in [0, 0.05) is 5.92 Å². The number of amides is 1. The van der Waals surface area contributed by atoms with Gasteiger partial charge in [-0.25, -0.2) is 0 Å². The minimum atomic E-state index is -0.0120. The van der Waals surface area contributed by atoms with Gasteiger partial charge in [-0.3, -0.25) is 4.79 Å². The third-order valence-electron chi connectivity index (χ3n) is 2.47. The first-order valence-corrected chi connectivity index (χ1v) is 6.10. The SMILES string of the molecule is COc1ccc(OC[C@H](C)NC(=O)C(C)C)cc1. The number of ether oxygens (including phenoxy) is 2. The quantitative estimate of drug-likeness (QED) is 0.843. The van der Waals surface area contributed by atoms with Gasteiger partial charge in [0.15, 0.2) is 0 Å². The van der Waals surface area contributed by atoms with Crippen molar-refractivity contribution in [3.8, 4) is 11.5 Å². The summed E-state index contributed by atoms with van der Waals surface area (Å²) in [4.78, 5) is 11.5. The summed E-state index contributed by atoms with van der Waals surface area (Å²) in [6.45, 7) is 6.10. The molecule has 0 radical (unpaired) electrons. The minimum absolute atomic E-state index is 0.00608. The molecule has 0 heterocycles. The molecule has 18 heavy (non-hydrogen) atoms. The number of hydrogen-bond acceptors (Lipinski definition) is 3. The van der Waals surface area contributed by atoms with Gasteiger partial charge >= 0.3 is 0 Å². The van der Waals surface area contributed by atoms with Crippen molar-refractivity contribution in [2.24, 2.45) is 5.92 Å². The van der Waals surface area contributed by atoms with Gasteiger partial charge in [-0.05, 0) is 31.2 Å². The summed E-state index contributed by atoms with van der Waals surface area (Å²) in [6, 6.07) is 7.35. The molecule has 4 heteroatoms. The highest BCUT2D eigenvalue weighted by atomic mass is 16.5. The van der Waals surface area contributed by atoms with Crippen LogP contribution >= 0.6 is 0 Å². The number of benzene rings is 1. The topological polar surface area (TPSA) is 47.6 Å². The zero-order chi connectivity index (χ0) is 13.5. The lowest BCUT2D eigenvalue weighted by Crippen LogP contribution is -2.39. The standard InChI is InChI=1S/C14H21NO3/c1-10(2)14(16)15-11(3)9-18-13-7-5-12(17-4)6-8-13/h5-8,10-11H,9H2,1-4H3,(H,15,16)/t11-/m0/s1. The molecule has 0 aromatic heterocycles. The number of carbonyl (C=O) groups is 1. The third-order valence-corrected chi connectivity index (χ3v) is 2.47. The molecule has 4 nitrogen and oxygen atoms in total. The molecule has 0 unspecified atom stereocenters. The van der Waals surface area contributed by atoms with Crippen molar-refractivity contribution >= 4 is 5.91 Å². The second-order valence-electron chi connectivity index (χ2n) is 4.55. The van der Waals surface area contributed by atoms with E-state index in [0.717, 1.165) is 11.5 Å². The Bertz CT molecular complexity index is 373. The fourth-order valence-electron chi connectivity index (χ4n) is 1.34. The molecule has 1 rings (SSSR count). The second kappa shape index (κ2) is 6.89. The Morgan fingerprint density at radius 2 is 1.72 bits per heavy atom. The Kier molecular flexibility index (Phi) is 5.49. The minimum Gasteiger partial charge on any atom is -0.497 e. The molecular weight excluding hydrogens is 230 g/mol. The predicted octanol–water partition coefficient (Wildman–Crippen LogP) is 2.23. The van der Waals surface area contributed by atoms with E-state index in [0.29, 0.717) is 6.61 Å². The Labute approximate surface area is 108 Å². The van der Waals surface area contributed by atoms with Crippen molar-refractivity contribution in [2.45, 2.75) is 26.8 Å². The molecule has 1 amide bonds. The lowest BCUT2D eigenvalue weighted by atomic mass is 10.2. The normalized spacial score (nSPS) is 12.1. The van der Waals surface area contributed by atoms with Crippen molar-refractivity contribution in [1.29, 1.82) is 0 Å². The number of carbonyl (C=O) groups excluding carboxylic acids is 1. The second-order valence-corrected chi connectivity index (χ2v) is 4.55. The lowest BCUT2D eigenvalue weighted by Gasteiger charge is -2.16. The monoisotopic (exact) mass is 251 g/mol. The third kappa shape index (κ3) is 4.65. The van der Waals surface area contributed by atoms with Crippen LogP contribution in [0.4, 0.5) is 0 Å². The van der Waals surface area contributed by atoms with E-state index in [-0.39, 0.29) is 17.9 Å². The summed E-state index contributed by atoms with van der Waals surface area (Å²) in [5, 5.41) is 2.88. The van der Waals surface area contributed by atoms with Crippen LogP contribution in [-0.2, 0) is 4.79 Å². The Morgan fingerprint density at radius 3 is 2.22 bits per heavy atom. The molecule has 0 saturated carbocycles. The average molecular weight is 251 g/mol. The highest BCUT2D eigenvalue weighted by Gasteiger charge is 2.11. The molecule has 0 fully saturated rings. The van der Waals surface area contributed by atoms with E-state index in [1.54, 1.807) is 7.11 Å². The Balaban J connectivity index is 2.37. The van der Waals surface area contributed by atoms with E-state index < -0.39 is 0 Å². The molecule has 0 aliphatic heterocycles. The molecule has 1 aromatic rings. The maximum absolute atomic E-state index is 11.5. The number of methoxy groups -OCH3 is 1. The average Bonchev–Trinajstić information content (AvgIpc) is 2.36. The van der Waals surface area contributed by atoms with Crippen molar-refractivity contribution in [3.05, 3.63) is 24.3 Å². The largest absolute Gasteiger partial charge is 0.497 e.